The van der Waals surface area contributed by atoms with Crippen LogP contribution >= 0.6 is 0 Å². The van der Waals surface area contributed by atoms with E-state index in [2.05, 4.69) is 4.98 Å². The number of anilines is 1. The number of amides is 1. The second-order valence-electron chi connectivity index (χ2n) is 6.64. The van der Waals surface area contributed by atoms with Gasteiger partial charge in [0.25, 0.3) is 0 Å². The maximum Gasteiger partial charge on any atom is 0.414 e. The molecule has 2 rings (SSSR count). The SMILES string of the molecule is CN(C(=O)OC(C)(C)C)c1ccc(/C=C/c2cccnc2[N+](=O)[O-])cc1. The van der Waals surface area contributed by atoms with Gasteiger partial charge in [0.2, 0.25) is 0 Å². The van der Waals surface area contributed by atoms with Crippen molar-refractivity contribution >= 4 is 29.8 Å². The Labute approximate surface area is 152 Å². The number of benzene rings is 1. The second kappa shape index (κ2) is 7.77. The van der Waals surface area contributed by atoms with Crippen LogP contribution in [0.5, 0.6) is 0 Å². The highest BCUT2D eigenvalue weighted by molar-refractivity contribution is 5.87. The summed E-state index contributed by atoms with van der Waals surface area (Å²) in [5, 5.41) is 11.0. The molecule has 2 aromatic rings. The number of nitro groups is 1. The van der Waals surface area contributed by atoms with E-state index < -0.39 is 16.6 Å². The third kappa shape index (κ3) is 5.14. The van der Waals surface area contributed by atoms with Crippen LogP contribution in [0.15, 0.2) is 42.6 Å². The number of carbonyl (C=O) groups is 1. The predicted molar refractivity (Wildman–Crippen MR) is 101 cm³/mol. The molecule has 0 aliphatic heterocycles. The lowest BCUT2D eigenvalue weighted by atomic mass is 10.1. The van der Waals surface area contributed by atoms with Crippen molar-refractivity contribution in [3.63, 3.8) is 0 Å². The number of rotatable bonds is 4. The summed E-state index contributed by atoms with van der Waals surface area (Å²) < 4.78 is 5.33. The zero-order chi connectivity index (χ0) is 19.3. The fraction of sp³-hybridized carbons (Fsp3) is 0.263. The summed E-state index contributed by atoms with van der Waals surface area (Å²) in [5.41, 5.74) is 1.38. The molecule has 0 saturated heterocycles. The lowest BCUT2D eigenvalue weighted by Crippen LogP contribution is -2.34. The molecule has 0 fully saturated rings. The van der Waals surface area contributed by atoms with Crippen molar-refractivity contribution in [2.45, 2.75) is 26.4 Å². The molecule has 0 aliphatic rings. The van der Waals surface area contributed by atoms with Crippen LogP contribution in [0.25, 0.3) is 12.2 Å². The minimum atomic E-state index is -0.563. The summed E-state index contributed by atoms with van der Waals surface area (Å²) in [6, 6.07) is 10.5. The summed E-state index contributed by atoms with van der Waals surface area (Å²) in [6.45, 7) is 5.43. The van der Waals surface area contributed by atoms with Crippen molar-refractivity contribution in [2.24, 2.45) is 0 Å². The van der Waals surface area contributed by atoms with Crippen LogP contribution in [0, 0.1) is 10.1 Å². The van der Waals surface area contributed by atoms with Crippen LogP contribution in [-0.2, 0) is 4.74 Å². The number of nitrogens with zero attached hydrogens (tertiary/aromatic N) is 3. The Kier molecular flexibility index (Phi) is 5.71. The first-order valence-electron chi connectivity index (χ1n) is 8.01. The van der Waals surface area contributed by atoms with Crippen LogP contribution in [0.4, 0.5) is 16.3 Å². The van der Waals surface area contributed by atoms with Gasteiger partial charge in [0.15, 0.2) is 0 Å². The van der Waals surface area contributed by atoms with Gasteiger partial charge in [-0.25, -0.2) is 4.79 Å². The molecule has 7 nitrogen and oxygen atoms in total. The molecule has 0 bridgehead atoms. The first-order valence-corrected chi connectivity index (χ1v) is 8.01. The summed E-state index contributed by atoms with van der Waals surface area (Å²) in [6.07, 6.45) is 4.34. The van der Waals surface area contributed by atoms with Crippen molar-refractivity contribution in [3.05, 3.63) is 63.8 Å². The topological polar surface area (TPSA) is 85.6 Å². The molecule has 136 valence electrons. The third-order valence-electron chi connectivity index (χ3n) is 3.39. The highest BCUT2D eigenvalue weighted by atomic mass is 16.6. The predicted octanol–water partition coefficient (Wildman–Crippen LogP) is 4.53. The monoisotopic (exact) mass is 355 g/mol. The number of ether oxygens (including phenoxy) is 1. The summed E-state index contributed by atoms with van der Waals surface area (Å²) in [4.78, 5) is 27.7. The summed E-state index contributed by atoms with van der Waals surface area (Å²) >= 11 is 0. The third-order valence-corrected chi connectivity index (χ3v) is 3.39. The maximum absolute atomic E-state index is 12.1. The van der Waals surface area contributed by atoms with Gasteiger partial charge in [-0.2, -0.15) is 0 Å². The standard InChI is InChI=1S/C19H21N3O4/c1-19(2,3)26-18(23)21(4)16-11-8-14(9-12-16)7-10-15-6-5-13-20-17(15)22(24)25/h5-13H,1-4H3/b10-7+. The van der Waals surface area contributed by atoms with E-state index in [0.717, 1.165) is 5.56 Å². The van der Waals surface area contributed by atoms with Gasteiger partial charge in [-0.1, -0.05) is 18.2 Å². The highest BCUT2D eigenvalue weighted by Gasteiger charge is 2.20. The second-order valence-corrected chi connectivity index (χ2v) is 6.64. The molecule has 0 spiro atoms. The number of carbonyl (C=O) groups excluding carboxylic acids is 1. The van der Waals surface area contributed by atoms with Crippen molar-refractivity contribution < 1.29 is 14.5 Å². The molecular weight excluding hydrogens is 334 g/mol. The summed E-state index contributed by atoms with van der Waals surface area (Å²) in [5.74, 6) is -0.190. The molecular formula is C19H21N3O4. The Hall–Kier alpha value is -3.22. The van der Waals surface area contributed by atoms with E-state index >= 15 is 0 Å². The minimum Gasteiger partial charge on any atom is -0.443 e. The van der Waals surface area contributed by atoms with Crippen LogP contribution < -0.4 is 4.90 Å². The van der Waals surface area contributed by atoms with E-state index in [9.17, 15) is 14.9 Å². The van der Waals surface area contributed by atoms with Crippen molar-refractivity contribution in [2.75, 3.05) is 11.9 Å². The van der Waals surface area contributed by atoms with Gasteiger partial charge in [0.1, 0.15) is 11.8 Å². The van der Waals surface area contributed by atoms with Gasteiger partial charge in [-0.05, 0) is 66.6 Å². The maximum atomic E-state index is 12.1. The smallest absolute Gasteiger partial charge is 0.414 e. The quantitative estimate of drug-likeness (QED) is 0.594. The lowest BCUT2D eigenvalue weighted by molar-refractivity contribution is -0.389. The minimum absolute atomic E-state index is 0.190. The summed E-state index contributed by atoms with van der Waals surface area (Å²) in [7, 11) is 1.64. The van der Waals surface area contributed by atoms with Crippen molar-refractivity contribution in [3.8, 4) is 0 Å². The van der Waals surface area contributed by atoms with Crippen molar-refractivity contribution in [1.82, 2.24) is 4.98 Å². The lowest BCUT2D eigenvalue weighted by Gasteiger charge is -2.24. The number of aromatic nitrogens is 1. The molecule has 0 aliphatic carbocycles. The normalized spacial score (nSPS) is 11.4. The van der Waals surface area contributed by atoms with E-state index in [1.54, 1.807) is 43.5 Å². The Bertz CT molecular complexity index is 823. The van der Waals surface area contributed by atoms with E-state index in [1.807, 2.05) is 32.9 Å². The Morgan fingerprint density at radius 1 is 1.19 bits per heavy atom. The largest absolute Gasteiger partial charge is 0.443 e. The zero-order valence-electron chi connectivity index (χ0n) is 15.2. The van der Waals surface area contributed by atoms with Crippen LogP contribution in [0.2, 0.25) is 0 Å². The molecule has 0 unspecified atom stereocenters. The van der Waals surface area contributed by atoms with Crippen molar-refractivity contribution in [1.29, 1.82) is 0 Å². The number of pyridine rings is 1. The molecule has 1 aromatic carbocycles. The average Bonchev–Trinajstić information content (AvgIpc) is 2.58. The average molecular weight is 355 g/mol. The Morgan fingerprint density at radius 3 is 2.42 bits per heavy atom. The van der Waals surface area contributed by atoms with Gasteiger partial charge >= 0.3 is 11.9 Å². The zero-order valence-corrected chi connectivity index (χ0v) is 15.2. The van der Waals surface area contributed by atoms with Gasteiger partial charge in [0.05, 0.1) is 5.56 Å². The molecule has 26 heavy (non-hydrogen) atoms. The van der Waals surface area contributed by atoms with Crippen LogP contribution in [0.1, 0.15) is 31.9 Å². The fourth-order valence-electron chi connectivity index (χ4n) is 2.12. The van der Waals surface area contributed by atoms with Crippen LogP contribution in [0.3, 0.4) is 0 Å². The molecule has 1 aromatic heterocycles. The van der Waals surface area contributed by atoms with E-state index in [-0.39, 0.29) is 5.82 Å². The van der Waals surface area contributed by atoms with Gasteiger partial charge in [-0.15, -0.1) is 0 Å². The van der Waals surface area contributed by atoms with E-state index in [4.69, 9.17) is 4.74 Å². The van der Waals surface area contributed by atoms with Gasteiger partial charge < -0.3 is 14.9 Å². The molecule has 1 heterocycles. The van der Waals surface area contributed by atoms with E-state index in [1.165, 1.54) is 11.1 Å². The Morgan fingerprint density at radius 2 is 1.85 bits per heavy atom. The molecule has 0 atom stereocenters. The molecule has 1 amide bonds. The molecule has 0 radical (unpaired) electrons. The van der Waals surface area contributed by atoms with E-state index in [0.29, 0.717) is 11.3 Å². The molecule has 7 heteroatoms. The van der Waals surface area contributed by atoms with Gasteiger partial charge in [0, 0.05) is 12.7 Å². The molecule has 0 saturated carbocycles. The number of hydrogen-bond acceptors (Lipinski definition) is 5. The molecule has 0 N–H and O–H groups in total. The Balaban J connectivity index is 2.13. The highest BCUT2D eigenvalue weighted by Crippen LogP contribution is 2.20. The number of hydrogen-bond donors (Lipinski definition) is 0. The first-order chi connectivity index (χ1) is 12.2. The first kappa shape index (κ1) is 19.1. The fourth-order valence-corrected chi connectivity index (χ4v) is 2.12. The van der Waals surface area contributed by atoms with Crippen LogP contribution in [-0.4, -0.2) is 28.6 Å². The van der Waals surface area contributed by atoms with Gasteiger partial charge in [-0.3, -0.25) is 4.90 Å².